The maximum Gasteiger partial charge on any atom is 0.164 e. The Labute approximate surface area is 335 Å². The van der Waals surface area contributed by atoms with E-state index in [0.717, 1.165) is 83.2 Å². The highest BCUT2D eigenvalue weighted by Gasteiger charge is 2.20. The van der Waals surface area contributed by atoms with E-state index in [1.807, 2.05) is 57.9 Å². The number of nitrogens with zero attached hydrogens (tertiary/aromatic N) is 8. The van der Waals surface area contributed by atoms with Gasteiger partial charge in [-0.25, -0.2) is 29.3 Å². The molecule has 12 nitrogen and oxygen atoms in total. The van der Waals surface area contributed by atoms with E-state index < -0.39 is 0 Å². The van der Waals surface area contributed by atoms with Gasteiger partial charge in [-0.2, -0.15) is 10.2 Å². The van der Waals surface area contributed by atoms with Crippen molar-refractivity contribution in [2.45, 2.75) is 46.4 Å². The van der Waals surface area contributed by atoms with Crippen LogP contribution in [0.25, 0.3) is 66.1 Å². The molecular formula is C46H44N10O2. The molecule has 0 spiro atoms. The highest BCUT2D eigenvalue weighted by Crippen LogP contribution is 2.35. The molecule has 5 aromatic carbocycles. The molecule has 0 aliphatic carbocycles. The van der Waals surface area contributed by atoms with Gasteiger partial charge in [-0.1, -0.05) is 79.4 Å². The largest absolute Gasteiger partial charge is 0.490 e. The number of hydrogen-bond donors (Lipinski definition) is 2. The molecule has 0 bridgehead atoms. The number of aromatic nitrogens is 8. The summed E-state index contributed by atoms with van der Waals surface area (Å²) in [4.78, 5) is 17.2. The Kier molecular flexibility index (Phi) is 10.4. The molecule has 0 amide bonds. The van der Waals surface area contributed by atoms with E-state index in [1.54, 1.807) is 6.08 Å². The van der Waals surface area contributed by atoms with Crippen molar-refractivity contribution >= 4 is 55.2 Å². The standard InChI is InChI=1S/C25H23N5O.C21H21N5O/c1-16(2)30-25-22(24(26)27-15-28-25)23(29-30)20-9-8-19-13-21(11-10-18(19)12-20)31-14-17-6-4-3-5-7-17;1-4-9-27-17-8-7-14-10-16(6-5-15(14)11-17)19-18-20(22)23-12-24-21(18)26(25-19)13(2)3/h3-13,15-16H,14H2,1-2H3,(H2,26,27,28);4-8,10-13H,1,9H2,2-3H3,(H2,22,23,24). The van der Waals surface area contributed by atoms with Crippen molar-refractivity contribution in [3.05, 3.63) is 134 Å². The summed E-state index contributed by atoms with van der Waals surface area (Å²) in [6.45, 7) is 13.0. The van der Waals surface area contributed by atoms with Crippen LogP contribution in [0.1, 0.15) is 45.3 Å². The summed E-state index contributed by atoms with van der Waals surface area (Å²) < 4.78 is 15.4. The average Bonchev–Trinajstić information content (AvgIpc) is 3.84. The number of nitrogen functional groups attached to an aromatic ring is 2. The number of fused-ring (bicyclic) bond motifs is 4. The van der Waals surface area contributed by atoms with Crippen molar-refractivity contribution in [1.29, 1.82) is 0 Å². The van der Waals surface area contributed by atoms with Gasteiger partial charge >= 0.3 is 0 Å². The summed E-state index contributed by atoms with van der Waals surface area (Å²) >= 11 is 0. The Bertz CT molecular complexity index is 2920. The molecule has 290 valence electrons. The van der Waals surface area contributed by atoms with E-state index in [2.05, 4.69) is 109 Å². The van der Waals surface area contributed by atoms with E-state index >= 15 is 0 Å². The minimum Gasteiger partial charge on any atom is -0.490 e. The molecule has 0 aliphatic rings. The van der Waals surface area contributed by atoms with Crippen LogP contribution in [-0.4, -0.2) is 46.1 Å². The lowest BCUT2D eigenvalue weighted by Crippen LogP contribution is -2.04. The number of anilines is 2. The van der Waals surface area contributed by atoms with Crippen LogP contribution >= 0.6 is 0 Å². The Hall–Kier alpha value is -7.34. The van der Waals surface area contributed by atoms with Crippen LogP contribution in [0.3, 0.4) is 0 Å². The average molecular weight is 769 g/mol. The molecule has 0 saturated carbocycles. The van der Waals surface area contributed by atoms with Crippen molar-refractivity contribution in [1.82, 2.24) is 39.5 Å². The molecule has 9 rings (SSSR count). The van der Waals surface area contributed by atoms with Crippen molar-refractivity contribution in [2.24, 2.45) is 0 Å². The summed E-state index contributed by atoms with van der Waals surface area (Å²) in [5.74, 6) is 2.55. The molecule has 0 aliphatic heterocycles. The minimum absolute atomic E-state index is 0.162. The molecule has 12 heteroatoms. The third-order valence-corrected chi connectivity index (χ3v) is 9.80. The first kappa shape index (κ1) is 37.6. The predicted molar refractivity (Wildman–Crippen MR) is 233 cm³/mol. The molecule has 0 atom stereocenters. The van der Waals surface area contributed by atoms with Crippen LogP contribution in [-0.2, 0) is 6.61 Å². The van der Waals surface area contributed by atoms with E-state index in [4.69, 9.17) is 31.1 Å². The minimum atomic E-state index is 0.162. The van der Waals surface area contributed by atoms with Crippen LogP contribution in [0.15, 0.2) is 128 Å². The van der Waals surface area contributed by atoms with Gasteiger partial charge in [-0.05, 0) is 91.2 Å². The maximum absolute atomic E-state index is 6.20. The Morgan fingerprint density at radius 2 is 1.05 bits per heavy atom. The number of ether oxygens (including phenoxy) is 2. The van der Waals surface area contributed by atoms with E-state index in [0.29, 0.717) is 24.8 Å². The SMILES string of the molecule is C=CCOc1ccc2cc(-c3nn(C(C)C)c4ncnc(N)c34)ccc2c1.CC(C)n1nc(-c2ccc3cc(OCc4ccccc4)ccc3c2)c2c(N)ncnc21. The van der Waals surface area contributed by atoms with Crippen LogP contribution in [0, 0.1) is 0 Å². The van der Waals surface area contributed by atoms with Crippen molar-refractivity contribution < 1.29 is 9.47 Å². The van der Waals surface area contributed by atoms with Gasteiger partial charge in [0.1, 0.15) is 60.4 Å². The second kappa shape index (κ2) is 16.0. The van der Waals surface area contributed by atoms with Crippen molar-refractivity contribution in [3.63, 3.8) is 0 Å². The molecule has 58 heavy (non-hydrogen) atoms. The first-order valence-corrected chi connectivity index (χ1v) is 19.1. The van der Waals surface area contributed by atoms with Gasteiger partial charge in [-0.15, -0.1) is 0 Å². The topological polar surface area (TPSA) is 158 Å². The summed E-state index contributed by atoms with van der Waals surface area (Å²) in [5, 5.41) is 15.6. The van der Waals surface area contributed by atoms with Crippen molar-refractivity contribution in [2.75, 3.05) is 18.1 Å². The third-order valence-electron chi connectivity index (χ3n) is 9.80. The van der Waals surface area contributed by atoms with Gasteiger partial charge in [-0.3, -0.25) is 0 Å². The zero-order chi connectivity index (χ0) is 40.3. The van der Waals surface area contributed by atoms with Gasteiger partial charge < -0.3 is 20.9 Å². The van der Waals surface area contributed by atoms with Gasteiger partial charge in [0.25, 0.3) is 0 Å². The second-order valence-electron chi connectivity index (χ2n) is 14.5. The fourth-order valence-corrected chi connectivity index (χ4v) is 6.93. The maximum atomic E-state index is 6.20. The second-order valence-corrected chi connectivity index (χ2v) is 14.5. The summed E-state index contributed by atoms with van der Waals surface area (Å²) in [5.41, 5.74) is 18.6. The Morgan fingerprint density at radius 1 is 0.586 bits per heavy atom. The van der Waals surface area contributed by atoms with Gasteiger partial charge in [0, 0.05) is 23.2 Å². The lowest BCUT2D eigenvalue weighted by molar-refractivity contribution is 0.306. The molecular weight excluding hydrogens is 725 g/mol. The van der Waals surface area contributed by atoms with E-state index in [1.165, 1.54) is 12.7 Å². The molecule has 4 heterocycles. The quantitative estimate of drug-likeness (QED) is 0.128. The lowest BCUT2D eigenvalue weighted by Gasteiger charge is -2.08. The first-order valence-electron chi connectivity index (χ1n) is 19.1. The van der Waals surface area contributed by atoms with Crippen molar-refractivity contribution in [3.8, 4) is 34.0 Å². The molecule has 4 aromatic heterocycles. The normalized spacial score (nSPS) is 11.4. The first-order chi connectivity index (χ1) is 28.2. The van der Waals surface area contributed by atoms with E-state index in [-0.39, 0.29) is 12.1 Å². The highest BCUT2D eigenvalue weighted by molar-refractivity contribution is 6.01. The molecule has 0 unspecified atom stereocenters. The molecule has 0 saturated heterocycles. The summed E-state index contributed by atoms with van der Waals surface area (Å²) in [6, 6.07) is 35.1. The molecule has 4 N–H and O–H groups in total. The number of nitrogens with two attached hydrogens (primary N) is 2. The van der Waals surface area contributed by atoms with Gasteiger partial charge in [0.15, 0.2) is 11.3 Å². The Balaban J connectivity index is 0.000000164. The van der Waals surface area contributed by atoms with E-state index in [9.17, 15) is 0 Å². The van der Waals surface area contributed by atoms with Crippen LogP contribution in [0.4, 0.5) is 11.6 Å². The molecule has 9 aromatic rings. The smallest absolute Gasteiger partial charge is 0.164 e. The fourth-order valence-electron chi connectivity index (χ4n) is 6.93. The zero-order valence-corrected chi connectivity index (χ0v) is 32.9. The fraction of sp³-hybridized carbons (Fsp3) is 0.174. The van der Waals surface area contributed by atoms with Gasteiger partial charge in [0.2, 0.25) is 0 Å². The van der Waals surface area contributed by atoms with Gasteiger partial charge in [0.05, 0.1) is 10.8 Å². The third kappa shape index (κ3) is 7.47. The summed E-state index contributed by atoms with van der Waals surface area (Å²) in [6.07, 6.45) is 4.70. The van der Waals surface area contributed by atoms with Crippen LogP contribution < -0.4 is 20.9 Å². The highest BCUT2D eigenvalue weighted by atomic mass is 16.5. The summed E-state index contributed by atoms with van der Waals surface area (Å²) in [7, 11) is 0. The predicted octanol–water partition coefficient (Wildman–Crippen LogP) is 9.76. The number of rotatable bonds is 10. The number of benzene rings is 5. The number of hydrogen-bond acceptors (Lipinski definition) is 10. The monoisotopic (exact) mass is 768 g/mol. The Morgan fingerprint density at radius 3 is 1.53 bits per heavy atom. The molecule has 0 radical (unpaired) electrons. The zero-order valence-electron chi connectivity index (χ0n) is 32.9. The molecule has 0 fully saturated rings. The van der Waals surface area contributed by atoms with Crippen LogP contribution in [0.5, 0.6) is 11.5 Å². The lowest BCUT2D eigenvalue weighted by atomic mass is 10.0. The van der Waals surface area contributed by atoms with Crippen LogP contribution in [0.2, 0.25) is 0 Å².